The molecule has 7 nitrogen and oxygen atoms in total. The Balaban J connectivity index is 2.51. The van der Waals surface area contributed by atoms with Crippen molar-refractivity contribution in [1.29, 1.82) is 0 Å². The highest BCUT2D eigenvalue weighted by Crippen LogP contribution is 2.13. The molecule has 0 spiro atoms. The molecule has 0 saturated carbocycles. The molecule has 0 aliphatic carbocycles. The van der Waals surface area contributed by atoms with Gasteiger partial charge in [0.05, 0.1) is 5.56 Å². The largest absolute Gasteiger partial charge is 0.478 e. The molecule has 2 aromatic heterocycles. The van der Waals surface area contributed by atoms with Crippen molar-refractivity contribution >= 4 is 11.8 Å². The quantitative estimate of drug-likeness (QED) is 0.590. The first-order valence-electron chi connectivity index (χ1n) is 5.31. The van der Waals surface area contributed by atoms with Crippen LogP contribution in [0.3, 0.4) is 0 Å². The van der Waals surface area contributed by atoms with Crippen molar-refractivity contribution in [2.45, 2.75) is 13.3 Å². The van der Waals surface area contributed by atoms with Gasteiger partial charge in [-0.25, -0.2) is 9.59 Å². The van der Waals surface area contributed by atoms with Gasteiger partial charge in [-0.15, -0.1) is 0 Å². The summed E-state index contributed by atoms with van der Waals surface area (Å²) < 4.78 is 0. The number of rotatable bonds is 4. The number of aromatic carboxylic acids is 1. The highest BCUT2D eigenvalue weighted by molar-refractivity contribution is 6.12. The van der Waals surface area contributed by atoms with Gasteiger partial charge in [0.2, 0.25) is 5.78 Å². The maximum atomic E-state index is 12.1. The molecule has 0 saturated heterocycles. The molecule has 0 fully saturated rings. The van der Waals surface area contributed by atoms with Gasteiger partial charge in [0.1, 0.15) is 11.4 Å². The molecule has 0 radical (unpaired) electrons. The number of aromatic amines is 3. The van der Waals surface area contributed by atoms with Crippen molar-refractivity contribution in [2.75, 3.05) is 0 Å². The Morgan fingerprint density at radius 1 is 1.28 bits per heavy atom. The van der Waals surface area contributed by atoms with Crippen molar-refractivity contribution in [2.24, 2.45) is 0 Å². The minimum atomic E-state index is -1.20. The molecule has 0 aromatic carbocycles. The number of nitrogens with one attached hydrogen (secondary N) is 3. The Kier molecular flexibility index (Phi) is 2.88. The van der Waals surface area contributed by atoms with Crippen LogP contribution in [0.1, 0.15) is 39.2 Å². The molecule has 0 bridgehead atoms. The maximum Gasteiger partial charge on any atom is 0.338 e. The lowest BCUT2D eigenvalue weighted by Crippen LogP contribution is -2.11. The third-order valence-corrected chi connectivity index (χ3v) is 2.59. The lowest BCUT2D eigenvalue weighted by molar-refractivity contribution is 0.0693. The van der Waals surface area contributed by atoms with Crippen molar-refractivity contribution < 1.29 is 14.7 Å². The number of hydrogen-bond acceptors (Lipinski definition) is 3. The second-order valence-electron chi connectivity index (χ2n) is 3.69. The molecule has 0 atom stereocenters. The minimum absolute atomic E-state index is 0.0487. The molecule has 0 amide bonds. The van der Waals surface area contributed by atoms with Crippen LogP contribution in [0, 0.1) is 0 Å². The van der Waals surface area contributed by atoms with Crippen LogP contribution in [0.2, 0.25) is 0 Å². The summed E-state index contributed by atoms with van der Waals surface area (Å²) in [6.07, 6.45) is 1.83. The highest BCUT2D eigenvalue weighted by Gasteiger charge is 2.22. The standard InChI is InChI=1S/C11H11N3O4/c1-2-6-8(14-11(18)13-6)9(15)7-5(10(16)17)3-4-12-7/h3-4,12H,2H2,1H3,(H,16,17)(H2,13,14,18). The highest BCUT2D eigenvalue weighted by atomic mass is 16.4. The average molecular weight is 249 g/mol. The van der Waals surface area contributed by atoms with Gasteiger partial charge >= 0.3 is 11.7 Å². The van der Waals surface area contributed by atoms with E-state index in [-0.39, 0.29) is 17.0 Å². The number of hydrogen-bond donors (Lipinski definition) is 4. The lowest BCUT2D eigenvalue weighted by Gasteiger charge is -2.00. The van der Waals surface area contributed by atoms with Crippen molar-refractivity contribution in [3.8, 4) is 0 Å². The topological polar surface area (TPSA) is 119 Å². The smallest absolute Gasteiger partial charge is 0.338 e. The monoisotopic (exact) mass is 249 g/mol. The maximum absolute atomic E-state index is 12.1. The van der Waals surface area contributed by atoms with Crippen LogP contribution < -0.4 is 5.69 Å². The molecule has 18 heavy (non-hydrogen) atoms. The van der Waals surface area contributed by atoms with Crippen LogP contribution in [-0.2, 0) is 6.42 Å². The van der Waals surface area contributed by atoms with E-state index in [0.29, 0.717) is 12.1 Å². The number of carbonyl (C=O) groups excluding carboxylic acids is 1. The molecular weight excluding hydrogens is 238 g/mol. The number of ketones is 1. The van der Waals surface area contributed by atoms with E-state index < -0.39 is 17.4 Å². The lowest BCUT2D eigenvalue weighted by atomic mass is 10.1. The predicted molar refractivity (Wildman–Crippen MR) is 62.0 cm³/mol. The first kappa shape index (κ1) is 11.9. The molecule has 0 unspecified atom stereocenters. The molecular formula is C11H11N3O4. The number of imidazole rings is 1. The van der Waals surface area contributed by atoms with Crippen molar-refractivity contribution in [3.63, 3.8) is 0 Å². The van der Waals surface area contributed by atoms with E-state index in [4.69, 9.17) is 5.11 Å². The number of carbonyl (C=O) groups is 2. The van der Waals surface area contributed by atoms with Crippen LogP contribution in [0.5, 0.6) is 0 Å². The summed E-state index contributed by atoms with van der Waals surface area (Å²) in [5.41, 5.74) is -0.112. The Hall–Kier alpha value is -2.57. The van der Waals surface area contributed by atoms with E-state index in [1.807, 2.05) is 0 Å². The van der Waals surface area contributed by atoms with E-state index in [1.165, 1.54) is 12.3 Å². The fraction of sp³-hybridized carbons (Fsp3) is 0.182. The summed E-state index contributed by atoms with van der Waals surface area (Å²) >= 11 is 0. The normalized spacial score (nSPS) is 10.5. The molecule has 2 aromatic rings. The van der Waals surface area contributed by atoms with Gasteiger partial charge in [-0.1, -0.05) is 6.92 Å². The zero-order valence-corrected chi connectivity index (χ0v) is 9.53. The summed E-state index contributed by atoms with van der Waals surface area (Å²) in [6.45, 7) is 1.78. The van der Waals surface area contributed by atoms with Crippen molar-refractivity contribution in [1.82, 2.24) is 15.0 Å². The summed E-state index contributed by atoms with van der Waals surface area (Å²) in [6, 6.07) is 1.30. The summed E-state index contributed by atoms with van der Waals surface area (Å²) in [4.78, 5) is 41.7. The molecule has 2 rings (SSSR count). The molecule has 4 N–H and O–H groups in total. The number of aryl methyl sites for hydroxylation is 1. The third kappa shape index (κ3) is 1.86. The van der Waals surface area contributed by atoms with Gasteiger partial charge in [-0.05, 0) is 12.5 Å². The SMILES string of the molecule is CCc1[nH]c(=O)[nH]c1C(=O)c1[nH]ccc1C(=O)O. The van der Waals surface area contributed by atoms with E-state index >= 15 is 0 Å². The second kappa shape index (κ2) is 4.36. The molecule has 0 aliphatic rings. The van der Waals surface area contributed by atoms with Gasteiger partial charge in [0.15, 0.2) is 0 Å². The van der Waals surface area contributed by atoms with E-state index in [1.54, 1.807) is 6.92 Å². The van der Waals surface area contributed by atoms with Gasteiger partial charge < -0.3 is 20.1 Å². The Labute approximate surface area is 101 Å². The Morgan fingerprint density at radius 2 is 2.00 bits per heavy atom. The second-order valence-corrected chi connectivity index (χ2v) is 3.69. The molecule has 94 valence electrons. The van der Waals surface area contributed by atoms with Crippen LogP contribution in [-0.4, -0.2) is 31.8 Å². The Bertz CT molecular complexity index is 662. The zero-order chi connectivity index (χ0) is 13.3. The van der Waals surface area contributed by atoms with E-state index in [9.17, 15) is 14.4 Å². The minimum Gasteiger partial charge on any atom is -0.478 e. The van der Waals surface area contributed by atoms with Gasteiger partial charge in [-0.3, -0.25) is 4.79 Å². The third-order valence-electron chi connectivity index (χ3n) is 2.59. The summed E-state index contributed by atoms with van der Waals surface area (Å²) in [7, 11) is 0. The number of aromatic nitrogens is 3. The Morgan fingerprint density at radius 3 is 2.61 bits per heavy atom. The number of H-pyrrole nitrogens is 3. The van der Waals surface area contributed by atoms with E-state index in [0.717, 1.165) is 0 Å². The first-order chi connectivity index (χ1) is 8.54. The number of carboxylic acid groups (broad SMARTS) is 1. The van der Waals surface area contributed by atoms with Crippen LogP contribution in [0.25, 0.3) is 0 Å². The van der Waals surface area contributed by atoms with Crippen LogP contribution >= 0.6 is 0 Å². The fourth-order valence-electron chi connectivity index (χ4n) is 1.74. The predicted octanol–water partition coefficient (Wildman–Crippen LogP) is 0.523. The first-order valence-corrected chi connectivity index (χ1v) is 5.31. The molecule has 2 heterocycles. The van der Waals surface area contributed by atoms with Gasteiger partial charge in [0, 0.05) is 11.9 Å². The molecule has 7 heteroatoms. The zero-order valence-electron chi connectivity index (χ0n) is 9.53. The molecule has 0 aliphatic heterocycles. The fourth-order valence-corrected chi connectivity index (χ4v) is 1.74. The van der Waals surface area contributed by atoms with E-state index in [2.05, 4.69) is 15.0 Å². The van der Waals surface area contributed by atoms with Crippen LogP contribution in [0.4, 0.5) is 0 Å². The van der Waals surface area contributed by atoms with Gasteiger partial charge in [-0.2, -0.15) is 0 Å². The van der Waals surface area contributed by atoms with Gasteiger partial charge in [0.25, 0.3) is 0 Å². The van der Waals surface area contributed by atoms with Crippen LogP contribution in [0.15, 0.2) is 17.1 Å². The number of carboxylic acids is 1. The summed E-state index contributed by atoms with van der Waals surface area (Å²) in [5.74, 6) is -1.75. The van der Waals surface area contributed by atoms with Crippen molar-refractivity contribution in [3.05, 3.63) is 45.4 Å². The average Bonchev–Trinajstić information content (AvgIpc) is 2.93. The summed E-state index contributed by atoms with van der Waals surface area (Å²) in [5, 5.41) is 8.93.